The number of hydrogen-bond acceptors (Lipinski definition) is 4. The molecule has 65 heavy (non-hydrogen) atoms. The second-order valence-electron chi connectivity index (χ2n) is 16.4. The molecule has 5 heteroatoms. The van der Waals surface area contributed by atoms with Crippen LogP contribution in [0.4, 0.5) is 0 Å². The van der Waals surface area contributed by atoms with Gasteiger partial charge >= 0.3 is 0 Å². The van der Waals surface area contributed by atoms with Crippen LogP contribution in [0.2, 0.25) is 0 Å². The first-order chi connectivity index (χ1) is 32.1. The SMILES string of the molecule is C=C1/C=C\C=C/Cc2c(oc3ccccc23)/C=C\1c1ccc2c(c1)c1c3ccccc3ccc1n2-c1nc(-c2ccccc2)nc(-c2ccc(-c3ccc(-c4ccccc4)cc3)cc2)n1. The zero-order chi connectivity index (χ0) is 43.3. The van der Waals surface area contributed by atoms with E-state index in [1.54, 1.807) is 0 Å². The van der Waals surface area contributed by atoms with Crippen molar-refractivity contribution in [3.05, 3.63) is 241 Å². The molecule has 0 saturated heterocycles. The van der Waals surface area contributed by atoms with Gasteiger partial charge in [-0.1, -0.05) is 195 Å². The molecule has 8 aromatic carbocycles. The number of aromatic nitrogens is 4. The molecule has 0 fully saturated rings. The van der Waals surface area contributed by atoms with E-state index in [1.807, 2.05) is 48.5 Å². The minimum Gasteiger partial charge on any atom is -0.456 e. The molecule has 0 N–H and O–H groups in total. The van der Waals surface area contributed by atoms with Crippen molar-refractivity contribution in [1.82, 2.24) is 19.5 Å². The lowest BCUT2D eigenvalue weighted by Gasteiger charge is -2.12. The van der Waals surface area contributed by atoms with Gasteiger partial charge in [-0.05, 0) is 86.5 Å². The third-order valence-electron chi connectivity index (χ3n) is 12.5. The van der Waals surface area contributed by atoms with Crippen molar-refractivity contribution in [2.24, 2.45) is 0 Å². The molecular weight excluding hydrogens is 793 g/mol. The average Bonchev–Trinajstić information content (AvgIpc) is 3.90. The molecule has 5 nitrogen and oxygen atoms in total. The standard InChI is InChI=1S/C60H40N4O/c1-39-15-5-2-10-22-50-49-23-13-14-24-55(49)65-56(50)38-51(39)47-34-35-53-52(37-47)57-48-21-12-11-18-44(48)33-36-54(57)64(53)60-62-58(45-19-8-4-9-20-45)61-59(63-60)46-31-29-43(30-32-46)42-27-25-41(26-28-42)40-16-6-3-7-17-40/h2-21,23-38H,1,22H2/b10-2-,15-5-,51-38+. The van der Waals surface area contributed by atoms with Crippen LogP contribution in [0.5, 0.6) is 0 Å². The summed E-state index contributed by atoms with van der Waals surface area (Å²) in [6.45, 7) is 4.57. The number of nitrogens with zero attached hydrogens (tertiary/aromatic N) is 4. The Morgan fingerprint density at radius 2 is 1.05 bits per heavy atom. The van der Waals surface area contributed by atoms with Crippen LogP contribution in [0.15, 0.2) is 229 Å². The van der Waals surface area contributed by atoms with Crippen molar-refractivity contribution >= 4 is 55.2 Å². The van der Waals surface area contributed by atoms with E-state index < -0.39 is 0 Å². The normalized spacial score (nSPS) is 14.6. The van der Waals surface area contributed by atoms with Gasteiger partial charge in [0.1, 0.15) is 11.3 Å². The van der Waals surface area contributed by atoms with Gasteiger partial charge < -0.3 is 4.42 Å². The lowest BCUT2D eigenvalue weighted by Crippen LogP contribution is -2.06. The molecule has 11 aromatic rings. The van der Waals surface area contributed by atoms with Gasteiger partial charge in [-0.25, -0.2) is 4.98 Å². The first-order valence-electron chi connectivity index (χ1n) is 21.9. The summed E-state index contributed by atoms with van der Waals surface area (Å²) in [5.74, 6) is 2.58. The van der Waals surface area contributed by atoms with Crippen molar-refractivity contribution in [3.8, 4) is 51.0 Å². The Bertz CT molecular complexity index is 3720. The highest BCUT2D eigenvalue weighted by atomic mass is 16.3. The Kier molecular flexibility index (Phi) is 9.31. The van der Waals surface area contributed by atoms with E-state index in [2.05, 4.69) is 181 Å². The van der Waals surface area contributed by atoms with Gasteiger partial charge in [0, 0.05) is 32.8 Å². The van der Waals surface area contributed by atoms with E-state index in [-0.39, 0.29) is 0 Å². The Morgan fingerprint density at radius 3 is 1.77 bits per heavy atom. The Labute approximate surface area is 376 Å². The number of rotatable bonds is 6. The fraction of sp³-hybridized carbons (Fsp3) is 0.0167. The molecular formula is C60H40N4O. The molecule has 0 amide bonds. The maximum absolute atomic E-state index is 6.54. The second-order valence-corrected chi connectivity index (χ2v) is 16.4. The predicted octanol–water partition coefficient (Wildman–Crippen LogP) is 15.3. The molecule has 0 unspecified atom stereocenters. The molecule has 0 spiro atoms. The van der Waals surface area contributed by atoms with E-state index >= 15 is 0 Å². The summed E-state index contributed by atoms with van der Waals surface area (Å²) in [5, 5.41) is 5.64. The maximum Gasteiger partial charge on any atom is 0.238 e. The quantitative estimate of drug-likeness (QED) is 0.167. The van der Waals surface area contributed by atoms with Crippen LogP contribution in [0.1, 0.15) is 16.9 Å². The number of fused-ring (bicyclic) bond motifs is 8. The van der Waals surface area contributed by atoms with Gasteiger partial charge in [0.05, 0.1) is 11.0 Å². The van der Waals surface area contributed by atoms with Crippen LogP contribution >= 0.6 is 0 Å². The minimum atomic E-state index is 0.543. The summed E-state index contributed by atoms with van der Waals surface area (Å²) in [4.78, 5) is 15.7. The molecule has 3 aromatic heterocycles. The van der Waals surface area contributed by atoms with Crippen LogP contribution < -0.4 is 0 Å². The van der Waals surface area contributed by atoms with Gasteiger partial charge in [0.25, 0.3) is 0 Å². The molecule has 1 aliphatic carbocycles. The van der Waals surface area contributed by atoms with Gasteiger partial charge in [-0.2, -0.15) is 9.97 Å². The molecule has 0 atom stereocenters. The van der Waals surface area contributed by atoms with Crippen LogP contribution in [0.25, 0.3) is 106 Å². The third-order valence-corrected chi connectivity index (χ3v) is 12.5. The maximum atomic E-state index is 6.54. The first kappa shape index (κ1) is 38.0. The highest BCUT2D eigenvalue weighted by Crippen LogP contribution is 2.40. The Morgan fingerprint density at radius 1 is 0.477 bits per heavy atom. The van der Waals surface area contributed by atoms with E-state index in [0.29, 0.717) is 17.6 Å². The lowest BCUT2D eigenvalue weighted by molar-refractivity contribution is 0.600. The number of hydrogen-bond donors (Lipinski definition) is 0. The number of para-hydroxylation sites is 1. The van der Waals surface area contributed by atoms with E-state index in [1.165, 1.54) is 11.1 Å². The van der Waals surface area contributed by atoms with Crippen molar-refractivity contribution < 1.29 is 4.42 Å². The van der Waals surface area contributed by atoms with E-state index in [0.717, 1.165) is 100 Å². The largest absolute Gasteiger partial charge is 0.456 e. The molecule has 1 aliphatic rings. The highest BCUT2D eigenvalue weighted by Gasteiger charge is 2.21. The van der Waals surface area contributed by atoms with Crippen molar-refractivity contribution in [3.63, 3.8) is 0 Å². The number of allylic oxidation sites excluding steroid dienone is 6. The molecule has 3 heterocycles. The molecule has 0 bridgehead atoms. The summed E-state index contributed by atoms with van der Waals surface area (Å²) < 4.78 is 8.74. The summed E-state index contributed by atoms with van der Waals surface area (Å²) in [6.07, 6.45) is 11.3. The minimum absolute atomic E-state index is 0.543. The zero-order valence-corrected chi connectivity index (χ0v) is 35.4. The fourth-order valence-corrected chi connectivity index (χ4v) is 9.24. The summed E-state index contributed by atoms with van der Waals surface area (Å²) in [5.41, 5.74) is 13.4. The van der Waals surface area contributed by atoms with Crippen LogP contribution in [-0.2, 0) is 6.42 Å². The fourth-order valence-electron chi connectivity index (χ4n) is 9.24. The average molecular weight is 833 g/mol. The molecule has 306 valence electrons. The highest BCUT2D eigenvalue weighted by molar-refractivity contribution is 6.21. The molecule has 0 saturated carbocycles. The van der Waals surface area contributed by atoms with Gasteiger partial charge in [-0.15, -0.1) is 0 Å². The Hall–Kier alpha value is -8.67. The zero-order valence-electron chi connectivity index (χ0n) is 35.4. The molecule has 12 rings (SSSR count). The van der Waals surface area contributed by atoms with E-state index in [9.17, 15) is 0 Å². The van der Waals surface area contributed by atoms with Crippen LogP contribution in [-0.4, -0.2) is 19.5 Å². The second kappa shape index (κ2) is 15.9. The lowest BCUT2D eigenvalue weighted by atomic mass is 9.93. The molecule has 0 aliphatic heterocycles. The van der Waals surface area contributed by atoms with Gasteiger partial charge in [0.2, 0.25) is 5.95 Å². The Balaban J connectivity index is 1.03. The van der Waals surface area contributed by atoms with Gasteiger partial charge in [0.15, 0.2) is 11.6 Å². The third kappa shape index (κ3) is 6.87. The van der Waals surface area contributed by atoms with Crippen LogP contribution in [0.3, 0.4) is 0 Å². The van der Waals surface area contributed by atoms with Crippen LogP contribution in [0, 0.1) is 0 Å². The smallest absolute Gasteiger partial charge is 0.238 e. The summed E-state index contributed by atoms with van der Waals surface area (Å²) in [7, 11) is 0. The van der Waals surface area contributed by atoms with Crippen molar-refractivity contribution in [2.45, 2.75) is 6.42 Å². The van der Waals surface area contributed by atoms with Crippen molar-refractivity contribution in [1.29, 1.82) is 0 Å². The topological polar surface area (TPSA) is 56.7 Å². The number of benzene rings is 8. The summed E-state index contributed by atoms with van der Waals surface area (Å²) in [6, 6.07) is 65.7. The predicted molar refractivity (Wildman–Crippen MR) is 269 cm³/mol. The molecule has 0 radical (unpaired) electrons. The summed E-state index contributed by atoms with van der Waals surface area (Å²) >= 11 is 0. The first-order valence-corrected chi connectivity index (χ1v) is 21.9. The van der Waals surface area contributed by atoms with Crippen molar-refractivity contribution in [2.75, 3.05) is 0 Å². The van der Waals surface area contributed by atoms with Gasteiger partial charge in [-0.3, -0.25) is 4.57 Å². The van der Waals surface area contributed by atoms with E-state index in [4.69, 9.17) is 19.4 Å². The number of furan rings is 1. The monoisotopic (exact) mass is 832 g/mol.